The van der Waals surface area contributed by atoms with Gasteiger partial charge in [-0.25, -0.2) is 0 Å². The summed E-state index contributed by atoms with van der Waals surface area (Å²) in [5.41, 5.74) is 1.99. The highest BCUT2D eigenvalue weighted by molar-refractivity contribution is 5.78. The van der Waals surface area contributed by atoms with Crippen molar-refractivity contribution in [2.75, 3.05) is 6.54 Å². The maximum atomic E-state index is 11.5. The second kappa shape index (κ2) is 4.64. The number of carbonyl (C=O) groups is 1. The quantitative estimate of drug-likeness (QED) is 0.903. The molecule has 3 nitrogen and oxygen atoms in total. The lowest BCUT2D eigenvalue weighted by Crippen LogP contribution is -2.47. The zero-order valence-electron chi connectivity index (χ0n) is 11.4. The molecule has 0 bridgehead atoms. The molecule has 0 spiro atoms. The minimum atomic E-state index is -0.691. The standard InChI is InChI=1S/C16H21NO2/c1-16(15(18)19)8-3-9-17(16)11-12-4-2-5-14(10-12)13-6-7-13/h2,4-5,10,13H,3,6-9,11H2,1H3,(H,18,19). The molecular weight excluding hydrogens is 238 g/mol. The number of benzene rings is 1. The lowest BCUT2D eigenvalue weighted by Gasteiger charge is -2.31. The molecule has 1 atom stereocenters. The molecule has 1 saturated carbocycles. The molecule has 2 aliphatic rings. The highest BCUT2D eigenvalue weighted by Crippen LogP contribution is 2.40. The first-order chi connectivity index (χ1) is 9.09. The van der Waals surface area contributed by atoms with Crippen LogP contribution in [-0.4, -0.2) is 28.1 Å². The Hall–Kier alpha value is -1.35. The Kier molecular flexibility index (Phi) is 3.09. The first-order valence-electron chi connectivity index (χ1n) is 7.17. The van der Waals surface area contributed by atoms with Crippen molar-refractivity contribution in [1.82, 2.24) is 4.90 Å². The average Bonchev–Trinajstić information content (AvgIpc) is 3.16. The third-order valence-electron chi connectivity index (χ3n) is 4.62. The van der Waals surface area contributed by atoms with Crippen LogP contribution in [-0.2, 0) is 11.3 Å². The van der Waals surface area contributed by atoms with Crippen molar-refractivity contribution in [3.8, 4) is 0 Å². The predicted molar refractivity (Wildman–Crippen MR) is 74.1 cm³/mol. The normalized spacial score (nSPS) is 27.6. The van der Waals surface area contributed by atoms with E-state index >= 15 is 0 Å². The molecule has 1 N–H and O–H groups in total. The molecule has 0 aromatic heterocycles. The summed E-state index contributed by atoms with van der Waals surface area (Å²) in [6.07, 6.45) is 4.34. The largest absolute Gasteiger partial charge is 0.480 e. The van der Waals surface area contributed by atoms with Gasteiger partial charge in [-0.1, -0.05) is 24.3 Å². The van der Waals surface area contributed by atoms with E-state index in [0.717, 1.165) is 31.8 Å². The summed E-state index contributed by atoms with van der Waals surface area (Å²) in [4.78, 5) is 13.6. The predicted octanol–water partition coefficient (Wildman–Crippen LogP) is 3.00. The third-order valence-corrected chi connectivity index (χ3v) is 4.62. The molecule has 1 aromatic rings. The Morgan fingerprint density at radius 2 is 2.26 bits per heavy atom. The van der Waals surface area contributed by atoms with Gasteiger partial charge in [-0.15, -0.1) is 0 Å². The number of rotatable bonds is 4. The second-order valence-corrected chi connectivity index (χ2v) is 6.12. The van der Waals surface area contributed by atoms with Crippen molar-refractivity contribution in [1.29, 1.82) is 0 Å². The molecule has 1 aliphatic carbocycles. The van der Waals surface area contributed by atoms with Gasteiger partial charge < -0.3 is 5.11 Å². The number of carboxylic acid groups (broad SMARTS) is 1. The van der Waals surface area contributed by atoms with Gasteiger partial charge in [-0.05, 0) is 56.2 Å². The van der Waals surface area contributed by atoms with E-state index < -0.39 is 11.5 Å². The molecule has 3 rings (SSSR count). The molecule has 1 saturated heterocycles. The zero-order valence-corrected chi connectivity index (χ0v) is 11.4. The van der Waals surface area contributed by atoms with Crippen molar-refractivity contribution in [3.05, 3.63) is 35.4 Å². The Labute approximate surface area is 114 Å². The van der Waals surface area contributed by atoms with E-state index in [2.05, 4.69) is 29.2 Å². The summed E-state index contributed by atoms with van der Waals surface area (Å²) >= 11 is 0. The van der Waals surface area contributed by atoms with Gasteiger partial charge in [-0.3, -0.25) is 9.69 Å². The molecule has 1 unspecified atom stereocenters. The maximum absolute atomic E-state index is 11.5. The van der Waals surface area contributed by atoms with Crippen LogP contribution in [0.5, 0.6) is 0 Å². The van der Waals surface area contributed by atoms with E-state index in [1.165, 1.54) is 24.0 Å². The molecule has 102 valence electrons. The summed E-state index contributed by atoms with van der Waals surface area (Å²) in [5, 5.41) is 9.43. The molecule has 0 radical (unpaired) electrons. The molecule has 3 heteroatoms. The maximum Gasteiger partial charge on any atom is 0.323 e. The van der Waals surface area contributed by atoms with E-state index in [1.54, 1.807) is 0 Å². The van der Waals surface area contributed by atoms with Gasteiger partial charge in [0, 0.05) is 6.54 Å². The second-order valence-electron chi connectivity index (χ2n) is 6.12. The molecule has 1 aromatic carbocycles. The number of aliphatic carboxylic acids is 1. The van der Waals surface area contributed by atoms with Gasteiger partial charge in [0.15, 0.2) is 0 Å². The molecule has 2 fully saturated rings. The summed E-state index contributed by atoms with van der Waals surface area (Å²) < 4.78 is 0. The van der Waals surface area contributed by atoms with E-state index in [1.807, 2.05) is 6.92 Å². The van der Waals surface area contributed by atoms with E-state index in [9.17, 15) is 9.90 Å². The average molecular weight is 259 g/mol. The third kappa shape index (κ3) is 2.39. The van der Waals surface area contributed by atoms with Crippen molar-refractivity contribution < 1.29 is 9.90 Å². The Bertz CT molecular complexity index is 495. The number of hydrogen-bond donors (Lipinski definition) is 1. The minimum absolute atomic E-state index is 0.685. The lowest BCUT2D eigenvalue weighted by atomic mass is 9.98. The fourth-order valence-electron chi connectivity index (χ4n) is 3.10. The van der Waals surface area contributed by atoms with Crippen LogP contribution in [0.3, 0.4) is 0 Å². The monoisotopic (exact) mass is 259 g/mol. The van der Waals surface area contributed by atoms with Crippen LogP contribution in [0.25, 0.3) is 0 Å². The van der Waals surface area contributed by atoms with Crippen LogP contribution < -0.4 is 0 Å². The number of nitrogens with zero attached hydrogens (tertiary/aromatic N) is 1. The highest BCUT2D eigenvalue weighted by atomic mass is 16.4. The van der Waals surface area contributed by atoms with Crippen LogP contribution in [0.4, 0.5) is 0 Å². The summed E-state index contributed by atoms with van der Waals surface area (Å²) in [6, 6.07) is 8.68. The molecule has 1 aliphatic heterocycles. The Balaban J connectivity index is 1.77. The van der Waals surface area contributed by atoms with E-state index in [-0.39, 0.29) is 0 Å². The van der Waals surface area contributed by atoms with Crippen LogP contribution >= 0.6 is 0 Å². The van der Waals surface area contributed by atoms with Crippen molar-refractivity contribution in [2.24, 2.45) is 0 Å². The molecule has 0 amide bonds. The van der Waals surface area contributed by atoms with Gasteiger partial charge >= 0.3 is 5.97 Å². The van der Waals surface area contributed by atoms with Gasteiger partial charge in [0.25, 0.3) is 0 Å². The first-order valence-corrected chi connectivity index (χ1v) is 7.17. The number of hydrogen-bond acceptors (Lipinski definition) is 2. The Morgan fingerprint density at radius 3 is 2.95 bits per heavy atom. The topological polar surface area (TPSA) is 40.5 Å². The van der Waals surface area contributed by atoms with Crippen molar-refractivity contribution >= 4 is 5.97 Å². The first kappa shape index (κ1) is 12.7. The van der Waals surface area contributed by atoms with Crippen LogP contribution in [0, 0.1) is 0 Å². The van der Waals surface area contributed by atoms with Gasteiger partial charge in [0.05, 0.1) is 0 Å². The zero-order chi connectivity index (χ0) is 13.5. The molecule has 19 heavy (non-hydrogen) atoms. The SMILES string of the molecule is CC1(C(=O)O)CCCN1Cc1cccc(C2CC2)c1. The number of likely N-dealkylation sites (tertiary alicyclic amines) is 1. The van der Waals surface area contributed by atoms with Gasteiger partial charge in [-0.2, -0.15) is 0 Å². The summed E-state index contributed by atoms with van der Waals surface area (Å²) in [7, 11) is 0. The smallest absolute Gasteiger partial charge is 0.323 e. The van der Waals surface area contributed by atoms with Crippen LogP contribution in [0.2, 0.25) is 0 Å². The minimum Gasteiger partial charge on any atom is -0.480 e. The number of carboxylic acids is 1. The fraction of sp³-hybridized carbons (Fsp3) is 0.562. The van der Waals surface area contributed by atoms with Crippen LogP contribution in [0.1, 0.15) is 49.7 Å². The van der Waals surface area contributed by atoms with E-state index in [4.69, 9.17) is 0 Å². The van der Waals surface area contributed by atoms with Crippen molar-refractivity contribution in [2.45, 2.75) is 50.6 Å². The van der Waals surface area contributed by atoms with Crippen LogP contribution in [0.15, 0.2) is 24.3 Å². The highest BCUT2D eigenvalue weighted by Gasteiger charge is 2.43. The fourth-order valence-corrected chi connectivity index (χ4v) is 3.10. The molecule has 1 heterocycles. The Morgan fingerprint density at radius 1 is 1.47 bits per heavy atom. The van der Waals surface area contributed by atoms with Gasteiger partial charge in [0.1, 0.15) is 5.54 Å². The lowest BCUT2D eigenvalue weighted by molar-refractivity contribution is -0.148. The molecular formula is C16H21NO2. The van der Waals surface area contributed by atoms with Crippen molar-refractivity contribution in [3.63, 3.8) is 0 Å². The summed E-state index contributed by atoms with van der Waals surface area (Å²) in [6.45, 7) is 3.49. The summed E-state index contributed by atoms with van der Waals surface area (Å²) in [5.74, 6) is 0.0627. The van der Waals surface area contributed by atoms with E-state index in [0.29, 0.717) is 0 Å². The van der Waals surface area contributed by atoms with Gasteiger partial charge in [0.2, 0.25) is 0 Å².